The molecule has 0 bridgehead atoms. The van der Waals surface area contributed by atoms with Gasteiger partial charge >= 0.3 is 6.03 Å². The second-order valence-electron chi connectivity index (χ2n) is 10.8. The van der Waals surface area contributed by atoms with Crippen molar-refractivity contribution in [2.24, 2.45) is 0 Å². The SMILES string of the molecule is CCC(C)(C)c1ccc(OC)c(NC(=O)Nc2ccc(-c3cccc(CN4CCOCC4)n3)c3ccccc23)c1. The lowest BCUT2D eigenvalue weighted by atomic mass is 9.82. The number of carbonyl (C=O) groups is 1. The Morgan fingerprint density at radius 3 is 2.45 bits per heavy atom. The van der Waals surface area contributed by atoms with Crippen LogP contribution in [-0.4, -0.2) is 49.3 Å². The molecule has 0 radical (unpaired) electrons. The number of aromatic nitrogens is 1. The van der Waals surface area contributed by atoms with Gasteiger partial charge in [-0.3, -0.25) is 9.88 Å². The average molecular weight is 539 g/mol. The molecule has 1 fully saturated rings. The number of carbonyl (C=O) groups excluding carboxylic acids is 1. The maximum atomic E-state index is 13.2. The summed E-state index contributed by atoms with van der Waals surface area (Å²) in [5.41, 5.74) is 5.47. The summed E-state index contributed by atoms with van der Waals surface area (Å²) in [7, 11) is 1.61. The van der Waals surface area contributed by atoms with E-state index in [1.54, 1.807) is 7.11 Å². The van der Waals surface area contributed by atoms with E-state index in [2.05, 4.69) is 60.6 Å². The highest BCUT2D eigenvalue weighted by atomic mass is 16.5. The van der Waals surface area contributed by atoms with Crippen molar-refractivity contribution >= 4 is 28.2 Å². The van der Waals surface area contributed by atoms with E-state index >= 15 is 0 Å². The molecule has 0 aliphatic carbocycles. The number of methoxy groups -OCH3 is 1. The van der Waals surface area contributed by atoms with Crippen molar-refractivity contribution < 1.29 is 14.3 Å². The van der Waals surface area contributed by atoms with Crippen molar-refractivity contribution in [1.82, 2.24) is 9.88 Å². The molecule has 7 heteroatoms. The van der Waals surface area contributed by atoms with Crippen LogP contribution in [-0.2, 0) is 16.7 Å². The molecule has 2 heterocycles. The summed E-state index contributed by atoms with van der Waals surface area (Å²) in [5, 5.41) is 8.04. The lowest BCUT2D eigenvalue weighted by Crippen LogP contribution is -2.35. The maximum Gasteiger partial charge on any atom is 0.323 e. The molecular formula is C33H38N4O3. The number of anilines is 2. The largest absolute Gasteiger partial charge is 0.495 e. The Kier molecular flexibility index (Phi) is 8.33. The fraction of sp³-hybridized carbons (Fsp3) is 0.333. The Morgan fingerprint density at radius 1 is 0.950 bits per heavy atom. The summed E-state index contributed by atoms with van der Waals surface area (Å²) in [5.74, 6) is 0.619. The number of ether oxygens (including phenoxy) is 2. The molecule has 0 atom stereocenters. The van der Waals surface area contributed by atoms with Crippen LogP contribution in [0.15, 0.2) is 72.8 Å². The minimum atomic E-state index is -0.326. The molecule has 1 aliphatic rings. The lowest BCUT2D eigenvalue weighted by Gasteiger charge is -2.26. The highest BCUT2D eigenvalue weighted by Gasteiger charge is 2.21. The number of amides is 2. The standard InChI is InChI=1S/C33H38N4O3/c1-5-33(2,3)23-13-16-31(39-4)30(21-23)36-32(38)35-29-15-14-27(25-10-6-7-11-26(25)29)28-12-8-9-24(34-28)22-37-17-19-40-20-18-37/h6-16,21H,5,17-20,22H2,1-4H3,(H2,35,36,38). The minimum Gasteiger partial charge on any atom is -0.495 e. The van der Waals surface area contributed by atoms with Crippen molar-refractivity contribution in [1.29, 1.82) is 0 Å². The molecule has 1 aliphatic heterocycles. The van der Waals surface area contributed by atoms with Gasteiger partial charge in [-0.2, -0.15) is 0 Å². The number of urea groups is 1. The van der Waals surface area contributed by atoms with E-state index in [1.807, 2.05) is 48.5 Å². The van der Waals surface area contributed by atoms with Gasteiger partial charge in [-0.1, -0.05) is 63.2 Å². The number of nitrogens with zero attached hydrogens (tertiary/aromatic N) is 2. The number of benzene rings is 3. The monoisotopic (exact) mass is 538 g/mol. The van der Waals surface area contributed by atoms with E-state index in [-0.39, 0.29) is 11.4 Å². The van der Waals surface area contributed by atoms with Crippen molar-refractivity contribution in [3.05, 3.63) is 84.1 Å². The van der Waals surface area contributed by atoms with Crippen LogP contribution in [0.25, 0.3) is 22.0 Å². The maximum absolute atomic E-state index is 13.2. The molecule has 3 aromatic carbocycles. The van der Waals surface area contributed by atoms with Crippen LogP contribution in [0.5, 0.6) is 5.75 Å². The van der Waals surface area contributed by atoms with Gasteiger partial charge in [0.1, 0.15) is 5.75 Å². The van der Waals surface area contributed by atoms with Gasteiger partial charge in [-0.05, 0) is 53.1 Å². The summed E-state index contributed by atoms with van der Waals surface area (Å²) in [6.45, 7) is 10.7. The smallest absolute Gasteiger partial charge is 0.323 e. The zero-order valence-corrected chi connectivity index (χ0v) is 23.8. The van der Waals surface area contributed by atoms with Crippen LogP contribution in [0.2, 0.25) is 0 Å². The molecule has 4 aromatic rings. The summed E-state index contributed by atoms with van der Waals surface area (Å²) in [6, 6.07) is 23.9. The highest BCUT2D eigenvalue weighted by Crippen LogP contribution is 2.35. The third-order valence-electron chi connectivity index (χ3n) is 7.86. The summed E-state index contributed by atoms with van der Waals surface area (Å²) < 4.78 is 11.0. The topological polar surface area (TPSA) is 75.7 Å². The minimum absolute atomic E-state index is 0.0151. The van der Waals surface area contributed by atoms with E-state index in [4.69, 9.17) is 14.5 Å². The molecule has 0 spiro atoms. The van der Waals surface area contributed by atoms with Crippen LogP contribution in [0.1, 0.15) is 38.4 Å². The van der Waals surface area contributed by atoms with Gasteiger partial charge in [0.2, 0.25) is 0 Å². The summed E-state index contributed by atoms with van der Waals surface area (Å²) in [6.07, 6.45) is 0.980. The number of rotatable bonds is 8. The van der Waals surface area contributed by atoms with E-state index < -0.39 is 0 Å². The fourth-order valence-corrected chi connectivity index (χ4v) is 5.04. The lowest BCUT2D eigenvalue weighted by molar-refractivity contribution is 0.0336. The predicted molar refractivity (Wildman–Crippen MR) is 162 cm³/mol. The van der Waals surface area contributed by atoms with Gasteiger partial charge in [0.25, 0.3) is 0 Å². The molecule has 2 N–H and O–H groups in total. The number of hydrogen-bond donors (Lipinski definition) is 2. The summed E-state index contributed by atoms with van der Waals surface area (Å²) in [4.78, 5) is 20.6. The Labute approximate surface area is 236 Å². The van der Waals surface area contributed by atoms with Crippen LogP contribution in [0.4, 0.5) is 16.2 Å². The number of nitrogens with one attached hydrogen (secondary N) is 2. The van der Waals surface area contributed by atoms with E-state index in [1.165, 1.54) is 0 Å². The highest BCUT2D eigenvalue weighted by molar-refractivity contribution is 6.09. The molecule has 1 aromatic heterocycles. The number of fused-ring (bicyclic) bond motifs is 1. The van der Waals surface area contributed by atoms with E-state index in [0.29, 0.717) is 11.4 Å². The van der Waals surface area contributed by atoms with Gasteiger partial charge in [0.15, 0.2) is 0 Å². The van der Waals surface area contributed by atoms with Crippen molar-refractivity contribution in [3.63, 3.8) is 0 Å². The number of hydrogen-bond acceptors (Lipinski definition) is 5. The Hall–Kier alpha value is -3.94. The third-order valence-corrected chi connectivity index (χ3v) is 7.86. The van der Waals surface area contributed by atoms with Gasteiger partial charge in [0.05, 0.1) is 43.1 Å². The Bertz CT molecular complexity index is 1490. The normalized spacial score (nSPS) is 14.2. The second kappa shape index (κ2) is 12.1. The first-order valence-electron chi connectivity index (χ1n) is 13.9. The van der Waals surface area contributed by atoms with Crippen LogP contribution < -0.4 is 15.4 Å². The van der Waals surface area contributed by atoms with Gasteiger partial charge < -0.3 is 20.1 Å². The zero-order valence-electron chi connectivity index (χ0n) is 23.8. The van der Waals surface area contributed by atoms with Crippen LogP contribution in [0.3, 0.4) is 0 Å². The van der Waals surface area contributed by atoms with E-state index in [0.717, 1.165) is 78.2 Å². The van der Waals surface area contributed by atoms with Crippen LogP contribution in [0, 0.1) is 0 Å². The number of morpholine rings is 1. The molecular weight excluding hydrogens is 500 g/mol. The Balaban J connectivity index is 1.39. The molecule has 7 nitrogen and oxygen atoms in total. The molecule has 0 saturated carbocycles. The predicted octanol–water partition coefficient (Wildman–Crippen LogP) is 7.07. The van der Waals surface area contributed by atoms with Crippen molar-refractivity contribution in [3.8, 4) is 17.0 Å². The summed E-state index contributed by atoms with van der Waals surface area (Å²) >= 11 is 0. The molecule has 1 saturated heterocycles. The van der Waals surface area contributed by atoms with Crippen molar-refractivity contribution in [2.45, 2.75) is 39.2 Å². The van der Waals surface area contributed by atoms with Gasteiger partial charge in [-0.15, -0.1) is 0 Å². The van der Waals surface area contributed by atoms with Crippen LogP contribution >= 0.6 is 0 Å². The quantitative estimate of drug-likeness (QED) is 0.251. The second-order valence-corrected chi connectivity index (χ2v) is 10.8. The fourth-order valence-electron chi connectivity index (χ4n) is 5.04. The third kappa shape index (κ3) is 6.11. The molecule has 40 heavy (non-hydrogen) atoms. The van der Waals surface area contributed by atoms with Gasteiger partial charge in [-0.25, -0.2) is 4.79 Å². The average Bonchev–Trinajstić information content (AvgIpc) is 2.98. The first kappa shape index (κ1) is 27.6. The zero-order chi connectivity index (χ0) is 28.1. The van der Waals surface area contributed by atoms with Crippen molar-refractivity contribution in [2.75, 3.05) is 44.0 Å². The molecule has 5 rings (SSSR count). The van der Waals surface area contributed by atoms with Gasteiger partial charge in [0, 0.05) is 30.6 Å². The first-order valence-corrected chi connectivity index (χ1v) is 13.9. The van der Waals surface area contributed by atoms with E-state index in [9.17, 15) is 4.79 Å². The molecule has 208 valence electrons. The first-order chi connectivity index (χ1) is 19.4. The number of pyridine rings is 1. The Morgan fingerprint density at radius 2 is 1.70 bits per heavy atom. The molecule has 0 unspecified atom stereocenters. The molecule has 2 amide bonds.